The summed E-state index contributed by atoms with van der Waals surface area (Å²) in [6.45, 7) is 3.75. The van der Waals surface area contributed by atoms with Crippen molar-refractivity contribution in [3.8, 4) is 5.19 Å². The van der Waals surface area contributed by atoms with E-state index >= 15 is 0 Å². The van der Waals surface area contributed by atoms with Gasteiger partial charge >= 0.3 is 0 Å². The topological polar surface area (TPSA) is 58.6 Å². The van der Waals surface area contributed by atoms with E-state index in [2.05, 4.69) is 14.9 Å². The van der Waals surface area contributed by atoms with Gasteiger partial charge in [-0.25, -0.2) is 9.97 Å². The first-order chi connectivity index (χ1) is 14.3. The lowest BCUT2D eigenvalue weighted by Gasteiger charge is -2.41. The van der Waals surface area contributed by atoms with Crippen LogP contribution in [0, 0.1) is 0 Å². The van der Waals surface area contributed by atoms with Crippen LogP contribution in [0.2, 0.25) is 0 Å². The standard InChI is InChI=1S/C21H24N4O2S2/c26-20(19-23-17-3-1-2-4-18(17)29-19)25-10-5-15(6-11-25)24-12-7-16(8-13-24)27-21-22-9-14-28-21/h1-4,9,14-16H,5-8,10-13H2. The Bertz CT molecular complexity index is 925. The minimum Gasteiger partial charge on any atom is -0.467 e. The average Bonchev–Trinajstić information content (AvgIpc) is 3.43. The van der Waals surface area contributed by atoms with Crippen molar-refractivity contribution in [1.29, 1.82) is 0 Å². The number of rotatable bonds is 4. The Morgan fingerprint density at radius 1 is 1.07 bits per heavy atom. The molecule has 152 valence electrons. The molecule has 2 aliphatic heterocycles. The largest absolute Gasteiger partial charge is 0.467 e. The number of piperidine rings is 2. The van der Waals surface area contributed by atoms with Crippen LogP contribution >= 0.6 is 22.7 Å². The van der Waals surface area contributed by atoms with E-state index in [0.29, 0.717) is 11.0 Å². The molecule has 0 radical (unpaired) electrons. The first-order valence-electron chi connectivity index (χ1n) is 10.2. The molecule has 6 nitrogen and oxygen atoms in total. The molecule has 1 aromatic carbocycles. The van der Waals surface area contributed by atoms with Gasteiger partial charge in [-0.05, 0) is 37.8 Å². The van der Waals surface area contributed by atoms with E-state index in [1.54, 1.807) is 17.5 Å². The molecule has 3 aromatic rings. The van der Waals surface area contributed by atoms with Gasteiger partial charge < -0.3 is 9.64 Å². The lowest BCUT2D eigenvalue weighted by Crippen LogP contribution is -2.50. The molecule has 0 bridgehead atoms. The van der Waals surface area contributed by atoms with Crippen LogP contribution in [0.25, 0.3) is 10.2 Å². The van der Waals surface area contributed by atoms with Crippen molar-refractivity contribution in [3.63, 3.8) is 0 Å². The lowest BCUT2D eigenvalue weighted by molar-refractivity contribution is 0.0425. The zero-order valence-electron chi connectivity index (χ0n) is 16.2. The van der Waals surface area contributed by atoms with Crippen molar-refractivity contribution >= 4 is 38.8 Å². The second-order valence-electron chi connectivity index (χ2n) is 7.66. The average molecular weight is 429 g/mol. The fraction of sp³-hybridized carbons (Fsp3) is 0.476. The lowest BCUT2D eigenvalue weighted by atomic mass is 9.99. The minimum atomic E-state index is 0.0835. The molecule has 1 amide bonds. The Hall–Kier alpha value is -2.03. The van der Waals surface area contributed by atoms with Crippen LogP contribution in [0.15, 0.2) is 35.8 Å². The second kappa shape index (κ2) is 8.38. The number of amides is 1. The summed E-state index contributed by atoms with van der Waals surface area (Å²) < 4.78 is 7.05. The van der Waals surface area contributed by atoms with Gasteiger partial charge in [-0.15, -0.1) is 11.3 Å². The summed E-state index contributed by atoms with van der Waals surface area (Å²) in [4.78, 5) is 26.2. The molecule has 5 rings (SSSR count). The molecular weight excluding hydrogens is 404 g/mol. The molecule has 2 aromatic heterocycles. The molecule has 8 heteroatoms. The maximum absolute atomic E-state index is 12.9. The van der Waals surface area contributed by atoms with Crippen molar-refractivity contribution in [3.05, 3.63) is 40.8 Å². The van der Waals surface area contributed by atoms with Gasteiger partial charge in [0.1, 0.15) is 6.10 Å². The van der Waals surface area contributed by atoms with Crippen LogP contribution in [0.5, 0.6) is 5.19 Å². The number of nitrogens with zero attached hydrogens (tertiary/aromatic N) is 4. The molecule has 29 heavy (non-hydrogen) atoms. The molecule has 0 unspecified atom stereocenters. The summed E-state index contributed by atoms with van der Waals surface area (Å²) in [6, 6.07) is 8.52. The number of hydrogen-bond donors (Lipinski definition) is 0. The van der Waals surface area contributed by atoms with E-state index in [1.807, 2.05) is 34.5 Å². The van der Waals surface area contributed by atoms with E-state index in [9.17, 15) is 4.79 Å². The number of ether oxygens (including phenoxy) is 1. The first kappa shape index (κ1) is 19.0. The van der Waals surface area contributed by atoms with E-state index < -0.39 is 0 Å². The summed E-state index contributed by atoms with van der Waals surface area (Å²) >= 11 is 3.06. The Labute approximate surface area is 178 Å². The van der Waals surface area contributed by atoms with Gasteiger partial charge in [-0.3, -0.25) is 9.69 Å². The fourth-order valence-electron chi connectivity index (χ4n) is 4.30. The number of benzene rings is 1. The van der Waals surface area contributed by atoms with Gasteiger partial charge in [0.25, 0.3) is 11.1 Å². The predicted octanol–water partition coefficient (Wildman–Crippen LogP) is 3.90. The molecule has 2 aliphatic rings. The summed E-state index contributed by atoms with van der Waals surface area (Å²) in [7, 11) is 0. The summed E-state index contributed by atoms with van der Waals surface area (Å²) in [5.41, 5.74) is 0.915. The third kappa shape index (κ3) is 4.15. The van der Waals surface area contributed by atoms with Crippen LogP contribution in [-0.2, 0) is 0 Å². The van der Waals surface area contributed by atoms with Crippen molar-refractivity contribution < 1.29 is 9.53 Å². The zero-order chi connectivity index (χ0) is 19.6. The Kier molecular flexibility index (Phi) is 5.48. The third-order valence-corrected chi connectivity index (χ3v) is 7.58. The number of hydrogen-bond acceptors (Lipinski definition) is 7. The highest BCUT2D eigenvalue weighted by Crippen LogP contribution is 2.27. The Morgan fingerprint density at radius 2 is 1.86 bits per heavy atom. The smallest absolute Gasteiger partial charge is 0.282 e. The predicted molar refractivity (Wildman–Crippen MR) is 116 cm³/mol. The molecule has 2 fully saturated rings. The van der Waals surface area contributed by atoms with E-state index in [-0.39, 0.29) is 12.0 Å². The second-order valence-corrected chi connectivity index (χ2v) is 9.55. The van der Waals surface area contributed by atoms with Crippen LogP contribution in [0.4, 0.5) is 0 Å². The molecule has 0 saturated carbocycles. The van der Waals surface area contributed by atoms with Crippen LogP contribution < -0.4 is 4.74 Å². The minimum absolute atomic E-state index is 0.0835. The van der Waals surface area contributed by atoms with E-state index in [0.717, 1.165) is 67.3 Å². The van der Waals surface area contributed by atoms with Crippen LogP contribution in [0.3, 0.4) is 0 Å². The highest BCUT2D eigenvalue weighted by molar-refractivity contribution is 7.20. The monoisotopic (exact) mass is 428 g/mol. The SMILES string of the molecule is O=C(c1nc2ccccc2s1)N1CCC(N2CCC(Oc3nccs3)CC2)CC1. The van der Waals surface area contributed by atoms with Crippen LogP contribution in [-0.4, -0.2) is 64.0 Å². The van der Waals surface area contributed by atoms with Gasteiger partial charge in [0.05, 0.1) is 10.2 Å². The number of carbonyl (C=O) groups is 1. The number of aromatic nitrogens is 2. The van der Waals surface area contributed by atoms with Crippen LogP contribution in [0.1, 0.15) is 35.5 Å². The zero-order valence-corrected chi connectivity index (χ0v) is 17.8. The number of thiazole rings is 2. The van der Waals surface area contributed by atoms with Gasteiger partial charge in [0, 0.05) is 43.8 Å². The van der Waals surface area contributed by atoms with Gasteiger partial charge in [-0.2, -0.15) is 0 Å². The number of fused-ring (bicyclic) bond motifs is 1. The molecule has 0 atom stereocenters. The summed E-state index contributed by atoms with van der Waals surface area (Å²) in [5.74, 6) is 0.0835. The summed E-state index contributed by atoms with van der Waals surface area (Å²) in [5, 5.41) is 3.35. The van der Waals surface area contributed by atoms with Crippen molar-refractivity contribution in [2.75, 3.05) is 26.2 Å². The Balaban J connectivity index is 1.12. The highest BCUT2D eigenvalue weighted by Gasteiger charge is 2.31. The molecular formula is C21H24N4O2S2. The van der Waals surface area contributed by atoms with Gasteiger partial charge in [0.2, 0.25) is 0 Å². The Morgan fingerprint density at radius 3 is 2.59 bits per heavy atom. The molecule has 2 saturated heterocycles. The quantitative estimate of drug-likeness (QED) is 0.631. The molecule has 4 heterocycles. The van der Waals surface area contributed by atoms with Crippen molar-refractivity contribution in [2.45, 2.75) is 37.8 Å². The maximum atomic E-state index is 12.9. The third-order valence-electron chi connectivity index (χ3n) is 5.90. The van der Waals surface area contributed by atoms with Crippen molar-refractivity contribution in [1.82, 2.24) is 19.8 Å². The van der Waals surface area contributed by atoms with Gasteiger partial charge in [0.15, 0.2) is 5.01 Å². The molecule has 0 aliphatic carbocycles. The van der Waals surface area contributed by atoms with E-state index in [4.69, 9.17) is 4.74 Å². The maximum Gasteiger partial charge on any atom is 0.282 e. The number of para-hydroxylation sites is 1. The first-order valence-corrected chi connectivity index (χ1v) is 11.9. The highest BCUT2D eigenvalue weighted by atomic mass is 32.1. The number of likely N-dealkylation sites (tertiary alicyclic amines) is 2. The van der Waals surface area contributed by atoms with Crippen molar-refractivity contribution in [2.24, 2.45) is 0 Å². The molecule has 0 spiro atoms. The fourth-order valence-corrected chi connectivity index (χ4v) is 5.79. The summed E-state index contributed by atoms with van der Waals surface area (Å²) in [6.07, 6.45) is 6.23. The van der Waals surface area contributed by atoms with E-state index in [1.165, 1.54) is 11.3 Å². The number of carbonyl (C=O) groups excluding carboxylic acids is 1. The van der Waals surface area contributed by atoms with Gasteiger partial charge in [-0.1, -0.05) is 23.5 Å². The molecule has 0 N–H and O–H groups in total. The normalized spacial score (nSPS) is 19.7.